The van der Waals surface area contributed by atoms with E-state index in [4.69, 9.17) is 0 Å². The third-order valence-electron chi connectivity index (χ3n) is 13.5. The molecule has 2 aliphatic heterocycles. The van der Waals surface area contributed by atoms with Crippen LogP contribution in [-0.4, -0.2) is 140 Å². The molecule has 8 N–H and O–H groups in total. The van der Waals surface area contributed by atoms with Gasteiger partial charge in [0.05, 0.1) is 0 Å². The minimum Gasteiger partial charge on any atom is -0.361 e. The van der Waals surface area contributed by atoms with E-state index >= 15 is 0 Å². The predicted octanol–water partition coefficient (Wildman–Crippen LogP) is 2.82. The maximum Gasteiger partial charge on any atom is 0.245 e. The zero-order chi connectivity index (χ0) is 54.2. The average Bonchev–Trinajstić information content (AvgIpc) is 4.05. The molecule has 0 radical (unpaired) electrons. The van der Waals surface area contributed by atoms with Gasteiger partial charge >= 0.3 is 0 Å². The molecule has 6 rings (SSSR count). The molecule has 4 aromatic rings. The van der Waals surface area contributed by atoms with Gasteiger partial charge in [-0.05, 0) is 78.7 Å². The summed E-state index contributed by atoms with van der Waals surface area (Å²) >= 11 is 1.45. The van der Waals surface area contributed by atoms with Gasteiger partial charge in [0.15, 0.2) is 0 Å². The zero-order valence-electron chi connectivity index (χ0n) is 43.6. The summed E-state index contributed by atoms with van der Waals surface area (Å²) in [6.45, 7) is 7.36. The van der Waals surface area contributed by atoms with Crippen LogP contribution in [0.1, 0.15) is 76.5 Å². The number of hydrogen-bond donors (Lipinski definition) is 8. The van der Waals surface area contributed by atoms with Crippen molar-refractivity contribution in [1.29, 1.82) is 0 Å². The number of nitrogens with zero attached hydrogens (tertiary/aromatic N) is 1. The standard InChI is InChI=1S/C55H73N9O9S2/c1-33(2)28-42-49(66)58-41(24-27-75(6)73)55(72)64-25-15-22-46(64)53(70)62-44(30-36-18-11-8-12-19-36)51(68)60-43(29-35-16-9-7-10-17-35)50(67)61-45(31-37-32-56-39-21-14-13-20-38(37)39)52(69)63-47(34(3)4)54(71)57-40(23-26-74-5)48(65)59-42/h7-14,16-21,32-34,40-47,56H,15,22-31H2,1-6H3,(H,57,71)(H,58,66)(H,59,65)(H,60,68)(H,61,67)(H,62,70)(H,63,69)/t40-,41-,42-,43-,44+,45-,46-,47+,75+/m0/s1. The van der Waals surface area contributed by atoms with Crippen LogP contribution in [0.3, 0.4) is 0 Å². The third kappa shape index (κ3) is 16.5. The lowest BCUT2D eigenvalue weighted by Crippen LogP contribution is -2.62. The van der Waals surface area contributed by atoms with Gasteiger partial charge < -0.3 is 47.1 Å². The van der Waals surface area contributed by atoms with E-state index < -0.39 is 112 Å². The van der Waals surface area contributed by atoms with Crippen LogP contribution in [0.2, 0.25) is 0 Å². The largest absolute Gasteiger partial charge is 0.361 e. The van der Waals surface area contributed by atoms with Gasteiger partial charge in [0.25, 0.3) is 0 Å². The van der Waals surface area contributed by atoms with Gasteiger partial charge in [0.1, 0.15) is 48.3 Å². The van der Waals surface area contributed by atoms with Crippen molar-refractivity contribution >= 4 is 80.7 Å². The molecule has 20 heteroatoms. The van der Waals surface area contributed by atoms with Crippen molar-refractivity contribution < 1.29 is 42.6 Å². The Balaban J connectivity index is 1.44. The fraction of sp³-hybridized carbons (Fsp3) is 0.491. The quantitative estimate of drug-likeness (QED) is 0.0864. The molecule has 0 saturated carbocycles. The van der Waals surface area contributed by atoms with Crippen molar-refractivity contribution in [3.05, 3.63) is 108 Å². The summed E-state index contributed by atoms with van der Waals surface area (Å²) in [5.74, 6) is -5.50. The Kier molecular flexibility index (Phi) is 21.4. The number of rotatable bonds is 15. The second-order valence-electron chi connectivity index (χ2n) is 20.2. The Labute approximate surface area is 446 Å². The molecule has 9 atom stereocenters. The Hall–Kier alpha value is -6.54. The van der Waals surface area contributed by atoms with Gasteiger partial charge in [-0.2, -0.15) is 11.8 Å². The Morgan fingerprint density at radius 1 is 0.587 bits per heavy atom. The summed E-state index contributed by atoms with van der Waals surface area (Å²) in [7, 11) is -1.37. The van der Waals surface area contributed by atoms with Gasteiger partial charge in [0.2, 0.25) is 47.3 Å². The smallest absolute Gasteiger partial charge is 0.245 e. The van der Waals surface area contributed by atoms with E-state index in [1.165, 1.54) is 22.9 Å². The van der Waals surface area contributed by atoms with Crippen LogP contribution in [0.15, 0.2) is 91.1 Å². The Morgan fingerprint density at radius 2 is 1.09 bits per heavy atom. The van der Waals surface area contributed by atoms with E-state index in [1.54, 1.807) is 68.6 Å². The van der Waals surface area contributed by atoms with E-state index in [2.05, 4.69) is 42.2 Å². The van der Waals surface area contributed by atoms with Crippen molar-refractivity contribution in [2.75, 3.05) is 30.6 Å². The Bertz CT molecular complexity index is 2650. The minimum atomic E-state index is -1.37. The SMILES string of the molecule is CSCC[C@@H]1NC(=O)[C@@H](C(C)C)NC(=O)[C@H](Cc2c[nH]c3ccccc23)NC(=O)[C@H](Cc2ccccc2)NC(=O)[C@@H](Cc2ccccc2)NC(=O)[C@@H]2CCCN2C(=O)[C@H](CC[S@@](C)=O)NC(=O)[C@H](CC(C)C)NC1=O. The molecular formula is C55H73N9O9S2. The maximum absolute atomic E-state index is 14.9. The first-order valence-electron chi connectivity index (χ1n) is 25.8. The highest BCUT2D eigenvalue weighted by Crippen LogP contribution is 2.22. The molecule has 3 aromatic carbocycles. The zero-order valence-corrected chi connectivity index (χ0v) is 45.3. The van der Waals surface area contributed by atoms with Crippen molar-refractivity contribution in [1.82, 2.24) is 47.1 Å². The first kappa shape index (κ1) is 57.7. The van der Waals surface area contributed by atoms with Crippen molar-refractivity contribution in [2.45, 2.75) is 127 Å². The minimum absolute atomic E-state index is 0.00506. The van der Waals surface area contributed by atoms with Crippen molar-refractivity contribution in [3.8, 4) is 0 Å². The number of para-hydroxylation sites is 1. The second kappa shape index (κ2) is 27.8. The van der Waals surface area contributed by atoms with Gasteiger partial charge in [-0.25, -0.2) is 0 Å². The molecule has 404 valence electrons. The van der Waals surface area contributed by atoms with Gasteiger partial charge in [0, 0.05) is 65.7 Å². The number of H-pyrrole nitrogens is 1. The van der Waals surface area contributed by atoms with Crippen LogP contribution in [0.4, 0.5) is 0 Å². The first-order chi connectivity index (χ1) is 35.9. The monoisotopic (exact) mass is 1070 g/mol. The number of hydrogen-bond acceptors (Lipinski definition) is 10. The number of carbonyl (C=O) groups is 8. The van der Waals surface area contributed by atoms with Crippen molar-refractivity contribution in [2.24, 2.45) is 11.8 Å². The van der Waals surface area contributed by atoms with Gasteiger partial charge in [-0.3, -0.25) is 42.6 Å². The topological polar surface area (TPSA) is 257 Å². The summed E-state index contributed by atoms with van der Waals surface area (Å²) in [6, 6.07) is 15.8. The summed E-state index contributed by atoms with van der Waals surface area (Å²) in [5, 5.41) is 20.9. The number of thioether (sulfide) groups is 1. The average molecular weight is 1070 g/mol. The molecule has 8 amide bonds. The lowest BCUT2D eigenvalue weighted by atomic mass is 9.99. The molecule has 0 unspecified atom stereocenters. The molecule has 2 saturated heterocycles. The maximum atomic E-state index is 14.9. The van der Waals surface area contributed by atoms with Crippen LogP contribution in [0.25, 0.3) is 10.9 Å². The number of carbonyl (C=O) groups excluding carboxylic acids is 8. The fourth-order valence-electron chi connectivity index (χ4n) is 9.51. The number of aromatic nitrogens is 1. The number of fused-ring (bicyclic) bond motifs is 2. The molecular weight excluding hydrogens is 995 g/mol. The highest BCUT2D eigenvalue weighted by atomic mass is 32.2. The van der Waals surface area contributed by atoms with Crippen LogP contribution in [-0.2, 0) is 68.4 Å². The number of amides is 8. The fourth-order valence-corrected chi connectivity index (χ4v) is 10.5. The highest BCUT2D eigenvalue weighted by Gasteiger charge is 2.41. The van der Waals surface area contributed by atoms with E-state index in [0.717, 1.165) is 10.9 Å². The number of nitrogens with one attached hydrogen (secondary N) is 8. The van der Waals surface area contributed by atoms with E-state index in [9.17, 15) is 42.6 Å². The van der Waals surface area contributed by atoms with Crippen LogP contribution >= 0.6 is 11.8 Å². The molecule has 0 spiro atoms. The van der Waals surface area contributed by atoms with Crippen LogP contribution < -0.4 is 37.2 Å². The molecule has 3 heterocycles. The molecule has 18 nitrogen and oxygen atoms in total. The molecule has 1 aromatic heterocycles. The lowest BCUT2D eigenvalue weighted by molar-refractivity contribution is -0.142. The summed E-state index contributed by atoms with van der Waals surface area (Å²) < 4.78 is 12.5. The molecule has 0 aliphatic carbocycles. The van der Waals surface area contributed by atoms with E-state index in [-0.39, 0.29) is 63.2 Å². The molecule has 0 bridgehead atoms. The Morgan fingerprint density at radius 3 is 1.68 bits per heavy atom. The predicted molar refractivity (Wildman–Crippen MR) is 291 cm³/mol. The summed E-state index contributed by atoms with van der Waals surface area (Å²) in [6.07, 6.45) is 5.98. The van der Waals surface area contributed by atoms with Crippen LogP contribution in [0.5, 0.6) is 0 Å². The highest BCUT2D eigenvalue weighted by molar-refractivity contribution is 7.98. The van der Waals surface area contributed by atoms with E-state index in [0.29, 0.717) is 28.9 Å². The second-order valence-corrected chi connectivity index (χ2v) is 22.7. The van der Waals surface area contributed by atoms with Crippen LogP contribution in [0, 0.1) is 11.8 Å². The van der Waals surface area contributed by atoms with E-state index in [1.807, 2.05) is 56.5 Å². The third-order valence-corrected chi connectivity index (χ3v) is 15.0. The normalized spacial score (nSPS) is 24.6. The number of aromatic amines is 1. The molecule has 75 heavy (non-hydrogen) atoms. The summed E-state index contributed by atoms with van der Waals surface area (Å²) in [4.78, 5) is 122. The van der Waals surface area contributed by atoms with Gasteiger partial charge in [-0.15, -0.1) is 0 Å². The lowest BCUT2D eigenvalue weighted by Gasteiger charge is -2.32. The summed E-state index contributed by atoms with van der Waals surface area (Å²) in [5.41, 5.74) is 2.88. The molecule has 2 aliphatic rings. The molecule has 2 fully saturated rings. The van der Waals surface area contributed by atoms with Gasteiger partial charge in [-0.1, -0.05) is 107 Å². The van der Waals surface area contributed by atoms with Crippen molar-refractivity contribution in [3.63, 3.8) is 0 Å². The first-order valence-corrected chi connectivity index (χ1v) is 28.9. The number of benzene rings is 3.